The highest BCUT2D eigenvalue weighted by atomic mass is 127. The first kappa shape index (κ1) is 14.9. The van der Waals surface area contributed by atoms with Gasteiger partial charge in [-0.25, -0.2) is 21.8 Å². The number of hydrogen-bond acceptors (Lipinski definition) is 5. The summed E-state index contributed by atoms with van der Waals surface area (Å²) < 4.78 is 46.8. The lowest BCUT2D eigenvalue weighted by atomic mass is 10.4. The van der Waals surface area contributed by atoms with Gasteiger partial charge in [-0.1, -0.05) is 11.6 Å². The molecule has 0 N–H and O–H groups in total. The van der Waals surface area contributed by atoms with Gasteiger partial charge in [-0.15, -0.1) is 0 Å². The van der Waals surface area contributed by atoms with Crippen LogP contribution in [-0.2, 0) is 20.0 Å². The molecule has 1 heterocycles. The molecule has 6 nitrogen and oxygen atoms in total. The highest BCUT2D eigenvalue weighted by Crippen LogP contribution is 2.28. The quantitative estimate of drug-likeness (QED) is 0.550. The molecule has 0 fully saturated rings. The van der Waals surface area contributed by atoms with E-state index in [0.717, 1.165) is 12.5 Å². The Balaban J connectivity index is 3.61. The van der Waals surface area contributed by atoms with Crippen LogP contribution in [0.2, 0.25) is 5.15 Å². The van der Waals surface area contributed by atoms with E-state index in [1.807, 2.05) is 0 Å². The van der Waals surface area contributed by atoms with Crippen molar-refractivity contribution in [1.29, 1.82) is 0 Å². The third-order valence-electron chi connectivity index (χ3n) is 1.60. The van der Waals surface area contributed by atoms with Gasteiger partial charge in [-0.05, 0) is 22.6 Å². The molecule has 1 aromatic rings. The predicted octanol–water partition coefficient (Wildman–Crippen LogP) is 1.07. The normalized spacial score (nSPS) is 12.5. The van der Waals surface area contributed by atoms with E-state index >= 15 is 0 Å². The number of hydrogen-bond donors (Lipinski definition) is 0. The minimum atomic E-state index is -3.96. The van der Waals surface area contributed by atoms with E-state index in [2.05, 4.69) is 4.98 Å². The van der Waals surface area contributed by atoms with Gasteiger partial charge in [0.05, 0.1) is 21.8 Å². The first-order valence-electron chi connectivity index (χ1n) is 4.05. The van der Waals surface area contributed by atoms with Crippen molar-refractivity contribution in [2.75, 3.05) is 16.2 Å². The Morgan fingerprint density at radius 1 is 1.24 bits per heavy atom. The fraction of sp³-hybridized carbons (Fsp3) is 0.286. The van der Waals surface area contributed by atoms with Crippen LogP contribution >= 0.6 is 34.2 Å². The average molecular weight is 411 g/mol. The summed E-state index contributed by atoms with van der Waals surface area (Å²) in [5.41, 5.74) is -0.0319. The third-order valence-corrected chi connectivity index (χ3v) is 5.86. The van der Waals surface area contributed by atoms with Crippen LogP contribution in [0.5, 0.6) is 0 Å². The summed E-state index contributed by atoms with van der Waals surface area (Å²) >= 11 is 7.41. The zero-order valence-corrected chi connectivity index (χ0v) is 13.3. The first-order valence-corrected chi connectivity index (χ1v) is 9.20. The average Bonchev–Trinajstić information content (AvgIpc) is 2.06. The van der Waals surface area contributed by atoms with Crippen LogP contribution in [-0.4, -0.2) is 34.3 Å². The van der Waals surface area contributed by atoms with Gasteiger partial charge in [0.2, 0.25) is 20.0 Å². The van der Waals surface area contributed by atoms with Crippen molar-refractivity contribution < 1.29 is 16.8 Å². The first-order chi connectivity index (χ1) is 7.53. The molecular weight excluding hydrogens is 403 g/mol. The van der Waals surface area contributed by atoms with Crippen LogP contribution in [0.3, 0.4) is 0 Å². The van der Waals surface area contributed by atoms with Crippen molar-refractivity contribution >= 4 is 59.9 Å². The van der Waals surface area contributed by atoms with Gasteiger partial charge in [0.15, 0.2) is 0 Å². The molecule has 0 atom stereocenters. The van der Waals surface area contributed by atoms with Gasteiger partial charge in [0.25, 0.3) is 0 Å². The number of rotatable bonds is 3. The molecule has 0 amide bonds. The highest BCUT2D eigenvalue weighted by Gasteiger charge is 2.29. The van der Waals surface area contributed by atoms with E-state index in [9.17, 15) is 16.8 Å². The fourth-order valence-corrected chi connectivity index (χ4v) is 5.15. The van der Waals surface area contributed by atoms with Crippen LogP contribution in [0.1, 0.15) is 0 Å². The molecule has 0 unspecified atom stereocenters. The molecule has 0 aliphatic heterocycles. The minimum Gasteiger partial charge on any atom is -0.243 e. The van der Waals surface area contributed by atoms with Crippen LogP contribution in [0.25, 0.3) is 0 Å². The molecule has 0 spiro atoms. The summed E-state index contributed by atoms with van der Waals surface area (Å²) in [7, 11) is -7.92. The second-order valence-corrected chi connectivity index (χ2v) is 8.62. The topological polar surface area (TPSA) is 84.4 Å². The Morgan fingerprint density at radius 2 is 1.71 bits per heavy atom. The van der Waals surface area contributed by atoms with Gasteiger partial charge in [-0.3, -0.25) is 0 Å². The van der Waals surface area contributed by atoms with Crippen LogP contribution in [0.4, 0.5) is 5.69 Å². The van der Waals surface area contributed by atoms with E-state index in [4.69, 9.17) is 11.6 Å². The molecule has 1 rings (SSSR count). The summed E-state index contributed by atoms with van der Waals surface area (Å²) in [5, 5.41) is 0.0118. The molecule has 1 aromatic heterocycles. The van der Waals surface area contributed by atoms with Crippen molar-refractivity contribution in [3.05, 3.63) is 21.0 Å². The van der Waals surface area contributed by atoms with Gasteiger partial charge < -0.3 is 0 Å². The molecule has 96 valence electrons. The lowest BCUT2D eigenvalue weighted by molar-refractivity contribution is 0.590. The van der Waals surface area contributed by atoms with Crippen molar-refractivity contribution in [2.45, 2.75) is 0 Å². The number of nitrogens with zero attached hydrogens (tertiary/aromatic N) is 2. The van der Waals surface area contributed by atoms with Crippen LogP contribution in [0, 0.1) is 3.57 Å². The SMILES string of the molecule is CS(=O)(=O)N(c1cc(Cl)ncc1I)S(C)(=O)=O. The van der Waals surface area contributed by atoms with E-state index in [-0.39, 0.29) is 10.8 Å². The van der Waals surface area contributed by atoms with Gasteiger partial charge in [0.1, 0.15) is 5.15 Å². The van der Waals surface area contributed by atoms with Crippen LogP contribution in [0.15, 0.2) is 12.3 Å². The molecule has 0 saturated heterocycles. The summed E-state index contributed by atoms with van der Waals surface area (Å²) in [5.74, 6) is 0. The third kappa shape index (κ3) is 3.66. The molecule has 0 aliphatic rings. The number of halogens is 2. The summed E-state index contributed by atoms with van der Waals surface area (Å²) in [6.07, 6.45) is 2.90. The maximum atomic E-state index is 11.5. The second kappa shape index (κ2) is 4.86. The Bertz CT molecular complexity index is 612. The summed E-state index contributed by atoms with van der Waals surface area (Å²) in [6.45, 7) is 0. The molecule has 0 aromatic carbocycles. The van der Waals surface area contributed by atoms with Gasteiger partial charge in [-0.2, -0.15) is 3.71 Å². The Morgan fingerprint density at radius 3 is 2.12 bits per heavy atom. The maximum absolute atomic E-state index is 11.5. The lowest BCUT2D eigenvalue weighted by Crippen LogP contribution is -2.35. The lowest BCUT2D eigenvalue weighted by Gasteiger charge is -2.20. The van der Waals surface area contributed by atoms with Gasteiger partial charge in [0, 0.05) is 12.3 Å². The Hall–Kier alpha value is -0.130. The van der Waals surface area contributed by atoms with Crippen molar-refractivity contribution in [1.82, 2.24) is 4.98 Å². The Labute approximate surface area is 118 Å². The standard InChI is InChI=1S/C7H8ClIN2O4S2/c1-16(12,13)11(17(2,14)15)6-3-7(8)10-4-5(6)9/h3-4H,1-2H3. The van der Waals surface area contributed by atoms with E-state index in [1.165, 1.54) is 12.3 Å². The molecule has 17 heavy (non-hydrogen) atoms. The molecular formula is C7H8ClIN2O4S2. The fourth-order valence-electron chi connectivity index (χ4n) is 1.15. The molecule has 0 bridgehead atoms. The smallest absolute Gasteiger partial charge is 0.243 e. The molecule has 0 saturated carbocycles. The number of aromatic nitrogens is 1. The van der Waals surface area contributed by atoms with Crippen molar-refractivity contribution in [3.63, 3.8) is 0 Å². The number of anilines is 1. The molecule has 0 aliphatic carbocycles. The van der Waals surface area contributed by atoms with E-state index in [1.54, 1.807) is 22.6 Å². The van der Waals surface area contributed by atoms with Crippen molar-refractivity contribution in [3.8, 4) is 0 Å². The number of sulfonamides is 2. The maximum Gasteiger partial charge on any atom is 0.245 e. The van der Waals surface area contributed by atoms with Crippen molar-refractivity contribution in [2.24, 2.45) is 0 Å². The zero-order valence-electron chi connectivity index (χ0n) is 8.75. The van der Waals surface area contributed by atoms with Gasteiger partial charge >= 0.3 is 0 Å². The predicted molar refractivity (Wildman–Crippen MR) is 74.1 cm³/mol. The summed E-state index contributed by atoms with van der Waals surface area (Å²) in [4.78, 5) is 3.73. The molecule has 0 radical (unpaired) electrons. The number of pyridine rings is 1. The zero-order chi connectivity index (χ0) is 13.4. The van der Waals surface area contributed by atoms with E-state index in [0.29, 0.717) is 7.28 Å². The minimum absolute atomic E-state index is 0.0118. The van der Waals surface area contributed by atoms with Crippen LogP contribution < -0.4 is 3.71 Å². The monoisotopic (exact) mass is 410 g/mol. The largest absolute Gasteiger partial charge is 0.245 e. The van der Waals surface area contributed by atoms with E-state index < -0.39 is 20.0 Å². The highest BCUT2D eigenvalue weighted by molar-refractivity contribution is 14.1. The Kier molecular flexibility index (Phi) is 4.27. The molecule has 10 heteroatoms. The summed E-state index contributed by atoms with van der Waals surface area (Å²) in [6, 6.07) is 1.19. The second-order valence-electron chi connectivity index (χ2n) is 3.18.